The van der Waals surface area contributed by atoms with Gasteiger partial charge in [-0.25, -0.2) is 4.98 Å². The highest BCUT2D eigenvalue weighted by Crippen LogP contribution is 2.23. The molecule has 1 aromatic heterocycles. The van der Waals surface area contributed by atoms with E-state index in [1.54, 1.807) is 12.5 Å². The van der Waals surface area contributed by atoms with Gasteiger partial charge in [-0.2, -0.15) is 0 Å². The summed E-state index contributed by atoms with van der Waals surface area (Å²) in [5.41, 5.74) is 0. The van der Waals surface area contributed by atoms with Crippen LogP contribution in [0, 0.1) is 11.8 Å². The smallest absolute Gasteiger partial charge is 0.220 e. The first-order valence-electron chi connectivity index (χ1n) is 7.69. The van der Waals surface area contributed by atoms with Gasteiger partial charge < -0.3 is 15.2 Å². The zero-order valence-corrected chi connectivity index (χ0v) is 14.8. The predicted octanol–water partition coefficient (Wildman–Crippen LogP) is 2.26. The second-order valence-corrected chi connectivity index (χ2v) is 5.77. The van der Waals surface area contributed by atoms with Gasteiger partial charge in [-0.3, -0.25) is 4.79 Å². The molecule has 1 atom stereocenters. The molecule has 0 radical (unpaired) electrons. The highest BCUT2D eigenvalue weighted by atomic mass is 35.5. The number of hydrogen-bond donors (Lipinski definition) is 2. The number of nitrogens with one attached hydrogen (secondary N) is 2. The molecule has 1 saturated heterocycles. The van der Waals surface area contributed by atoms with E-state index in [1.165, 1.54) is 12.8 Å². The van der Waals surface area contributed by atoms with E-state index < -0.39 is 0 Å². The van der Waals surface area contributed by atoms with Gasteiger partial charge in [0.1, 0.15) is 0 Å². The molecule has 2 heterocycles. The number of rotatable bonds is 7. The fourth-order valence-electron chi connectivity index (χ4n) is 2.85. The summed E-state index contributed by atoms with van der Waals surface area (Å²) < 4.78 is 2.03. The number of piperidine rings is 1. The quantitative estimate of drug-likeness (QED) is 0.741. The first-order chi connectivity index (χ1) is 9.75. The van der Waals surface area contributed by atoms with Crippen LogP contribution in [-0.2, 0) is 11.3 Å². The van der Waals surface area contributed by atoms with Crippen LogP contribution in [0.1, 0.15) is 32.6 Å². The molecule has 5 nitrogen and oxygen atoms in total. The van der Waals surface area contributed by atoms with Gasteiger partial charge in [0.05, 0.1) is 6.33 Å². The third-order valence-electron chi connectivity index (χ3n) is 4.17. The van der Waals surface area contributed by atoms with Crippen LogP contribution in [0.4, 0.5) is 0 Å². The van der Waals surface area contributed by atoms with Crippen molar-refractivity contribution in [3.63, 3.8) is 0 Å². The van der Waals surface area contributed by atoms with E-state index >= 15 is 0 Å². The molecule has 1 fully saturated rings. The van der Waals surface area contributed by atoms with Gasteiger partial charge in [-0.1, -0.05) is 6.92 Å². The lowest BCUT2D eigenvalue weighted by atomic mass is 9.84. The minimum atomic E-state index is 0. The van der Waals surface area contributed by atoms with Crippen molar-refractivity contribution in [1.29, 1.82) is 0 Å². The van der Waals surface area contributed by atoms with Crippen molar-refractivity contribution in [2.24, 2.45) is 11.8 Å². The monoisotopic (exact) mass is 350 g/mol. The molecule has 1 unspecified atom stereocenters. The Hall–Kier alpha value is -0.780. The normalized spacial score (nSPS) is 16.2. The van der Waals surface area contributed by atoms with Crippen LogP contribution in [0.25, 0.3) is 0 Å². The van der Waals surface area contributed by atoms with Crippen molar-refractivity contribution in [3.05, 3.63) is 18.7 Å². The number of aryl methyl sites for hydroxylation is 1. The van der Waals surface area contributed by atoms with Crippen LogP contribution < -0.4 is 10.6 Å². The predicted molar refractivity (Wildman–Crippen MR) is 93.7 cm³/mol. The molecular formula is C15H28Cl2N4O. The highest BCUT2D eigenvalue weighted by molar-refractivity contribution is 5.85. The van der Waals surface area contributed by atoms with Gasteiger partial charge in [0.15, 0.2) is 0 Å². The van der Waals surface area contributed by atoms with E-state index in [0.717, 1.165) is 32.6 Å². The summed E-state index contributed by atoms with van der Waals surface area (Å²) in [6.07, 6.45) is 9.55. The summed E-state index contributed by atoms with van der Waals surface area (Å²) in [6, 6.07) is 0. The Kier molecular flexibility index (Phi) is 11.3. The lowest BCUT2D eigenvalue weighted by Gasteiger charge is -2.27. The third-order valence-corrected chi connectivity index (χ3v) is 4.17. The summed E-state index contributed by atoms with van der Waals surface area (Å²) in [5, 5.41) is 6.40. The first-order valence-corrected chi connectivity index (χ1v) is 7.69. The van der Waals surface area contributed by atoms with Gasteiger partial charge in [0.2, 0.25) is 5.91 Å². The fraction of sp³-hybridized carbons (Fsp3) is 0.733. The number of hydrogen-bond acceptors (Lipinski definition) is 3. The fourth-order valence-corrected chi connectivity index (χ4v) is 2.85. The molecule has 7 heteroatoms. The summed E-state index contributed by atoms with van der Waals surface area (Å²) >= 11 is 0. The van der Waals surface area contributed by atoms with Crippen LogP contribution in [0.2, 0.25) is 0 Å². The Morgan fingerprint density at radius 2 is 2.14 bits per heavy atom. The molecule has 1 aromatic rings. The molecule has 0 bridgehead atoms. The minimum Gasteiger partial charge on any atom is -0.356 e. The van der Waals surface area contributed by atoms with Crippen LogP contribution in [-0.4, -0.2) is 35.1 Å². The molecule has 0 spiro atoms. The molecule has 1 aliphatic rings. The Morgan fingerprint density at radius 3 is 2.77 bits per heavy atom. The highest BCUT2D eigenvalue weighted by Gasteiger charge is 2.21. The number of amides is 1. The largest absolute Gasteiger partial charge is 0.356 e. The second-order valence-electron chi connectivity index (χ2n) is 5.77. The maximum absolute atomic E-state index is 11.9. The van der Waals surface area contributed by atoms with Crippen molar-refractivity contribution in [2.75, 3.05) is 19.6 Å². The number of nitrogens with zero attached hydrogens (tertiary/aromatic N) is 2. The SMILES string of the molecule is CC(CC(=O)NCCCn1ccnc1)C1CCNCC1.Cl.Cl. The van der Waals surface area contributed by atoms with E-state index in [-0.39, 0.29) is 30.7 Å². The zero-order valence-electron chi connectivity index (χ0n) is 13.2. The van der Waals surface area contributed by atoms with Crippen LogP contribution in [0.5, 0.6) is 0 Å². The molecule has 0 saturated carbocycles. The molecule has 1 aliphatic heterocycles. The Morgan fingerprint density at radius 1 is 1.41 bits per heavy atom. The van der Waals surface area contributed by atoms with E-state index in [4.69, 9.17) is 0 Å². The van der Waals surface area contributed by atoms with Crippen molar-refractivity contribution in [2.45, 2.75) is 39.2 Å². The molecule has 22 heavy (non-hydrogen) atoms. The van der Waals surface area contributed by atoms with Crippen molar-refractivity contribution >= 4 is 30.7 Å². The molecule has 128 valence electrons. The lowest BCUT2D eigenvalue weighted by Crippen LogP contribution is -2.33. The Balaban J connectivity index is 0.00000220. The van der Waals surface area contributed by atoms with E-state index in [9.17, 15) is 4.79 Å². The number of carbonyl (C=O) groups is 1. The Bertz CT molecular complexity index is 394. The van der Waals surface area contributed by atoms with Gasteiger partial charge in [-0.15, -0.1) is 24.8 Å². The number of carbonyl (C=O) groups excluding carboxylic acids is 1. The minimum absolute atomic E-state index is 0. The standard InChI is InChI=1S/C15H26N4O.2ClH/c1-13(14-3-6-16-7-4-14)11-15(20)18-5-2-9-19-10-8-17-12-19;;/h8,10,12-14,16H,2-7,9,11H2,1H3,(H,18,20);2*1H. The third kappa shape index (κ3) is 7.47. The van der Waals surface area contributed by atoms with Gasteiger partial charge in [-0.05, 0) is 44.2 Å². The maximum Gasteiger partial charge on any atom is 0.220 e. The molecule has 0 aliphatic carbocycles. The van der Waals surface area contributed by atoms with Crippen molar-refractivity contribution in [3.8, 4) is 0 Å². The first kappa shape index (κ1) is 21.2. The summed E-state index contributed by atoms with van der Waals surface area (Å²) in [4.78, 5) is 15.9. The van der Waals surface area contributed by atoms with E-state index in [1.807, 2.05) is 10.8 Å². The molecule has 0 aromatic carbocycles. The van der Waals surface area contributed by atoms with Crippen LogP contribution in [0.3, 0.4) is 0 Å². The van der Waals surface area contributed by atoms with Crippen LogP contribution in [0.15, 0.2) is 18.7 Å². The van der Waals surface area contributed by atoms with Gasteiger partial charge >= 0.3 is 0 Å². The second kappa shape index (κ2) is 11.7. The lowest BCUT2D eigenvalue weighted by molar-refractivity contribution is -0.122. The average molecular weight is 351 g/mol. The molecule has 1 amide bonds. The summed E-state index contributed by atoms with van der Waals surface area (Å²) in [5.74, 6) is 1.39. The van der Waals surface area contributed by atoms with E-state index in [0.29, 0.717) is 18.3 Å². The van der Waals surface area contributed by atoms with E-state index in [2.05, 4.69) is 22.5 Å². The number of imidazole rings is 1. The zero-order chi connectivity index (χ0) is 14.2. The van der Waals surface area contributed by atoms with Crippen LogP contribution >= 0.6 is 24.8 Å². The van der Waals surface area contributed by atoms with Gasteiger partial charge in [0.25, 0.3) is 0 Å². The average Bonchev–Trinajstić information content (AvgIpc) is 2.98. The van der Waals surface area contributed by atoms with Crippen molar-refractivity contribution in [1.82, 2.24) is 20.2 Å². The molecular weight excluding hydrogens is 323 g/mol. The molecule has 2 N–H and O–H groups in total. The summed E-state index contributed by atoms with van der Waals surface area (Å²) in [6.45, 7) is 6.06. The Labute approximate surface area is 145 Å². The maximum atomic E-state index is 11.9. The topological polar surface area (TPSA) is 59.0 Å². The van der Waals surface area contributed by atoms with Crippen molar-refractivity contribution < 1.29 is 4.79 Å². The van der Waals surface area contributed by atoms with Gasteiger partial charge in [0, 0.05) is 31.9 Å². The number of aromatic nitrogens is 2. The summed E-state index contributed by atoms with van der Waals surface area (Å²) in [7, 11) is 0. The number of halogens is 2. The molecule has 2 rings (SSSR count).